The van der Waals surface area contributed by atoms with E-state index in [4.69, 9.17) is 18.0 Å². The molecular weight excluding hydrogens is 236 g/mol. The maximum atomic E-state index is 11.9. The molecule has 17 heavy (non-hydrogen) atoms. The van der Waals surface area contributed by atoms with Crippen molar-refractivity contribution in [1.29, 1.82) is 0 Å². The van der Waals surface area contributed by atoms with Gasteiger partial charge >= 0.3 is 0 Å². The Labute approximate surface area is 106 Å². The standard InChI is InChI=1S/C12H16N2O2S/c1-7(2)10(11(13)17)14-12(16)8-5-3-4-6-9(8)15/h3-7,10,15H,1-2H3,(H2,13,17)(H,14,16). The average Bonchev–Trinajstić information content (AvgIpc) is 2.25. The van der Waals surface area contributed by atoms with Gasteiger partial charge in [0.25, 0.3) is 5.91 Å². The second kappa shape index (κ2) is 5.63. The number of thiocarbonyl (C=S) groups is 1. The summed E-state index contributed by atoms with van der Waals surface area (Å²) in [6.45, 7) is 3.82. The number of aromatic hydroxyl groups is 1. The predicted molar refractivity (Wildman–Crippen MR) is 71.0 cm³/mol. The van der Waals surface area contributed by atoms with E-state index in [1.807, 2.05) is 13.8 Å². The molecule has 4 N–H and O–H groups in total. The van der Waals surface area contributed by atoms with Crippen LogP contribution in [-0.4, -0.2) is 22.0 Å². The first-order valence-electron chi connectivity index (χ1n) is 5.31. The molecule has 0 aliphatic rings. The zero-order valence-corrected chi connectivity index (χ0v) is 10.6. The topological polar surface area (TPSA) is 75.3 Å². The van der Waals surface area contributed by atoms with E-state index in [1.165, 1.54) is 6.07 Å². The first-order chi connectivity index (χ1) is 7.93. The largest absolute Gasteiger partial charge is 0.507 e. The number of para-hydroxylation sites is 1. The zero-order valence-electron chi connectivity index (χ0n) is 9.81. The molecule has 0 aliphatic carbocycles. The molecule has 0 aromatic heterocycles. The fourth-order valence-corrected chi connectivity index (χ4v) is 1.78. The third kappa shape index (κ3) is 3.42. The molecule has 0 bridgehead atoms. The van der Waals surface area contributed by atoms with Crippen molar-refractivity contribution in [2.24, 2.45) is 11.7 Å². The fraction of sp³-hybridized carbons (Fsp3) is 0.333. The van der Waals surface area contributed by atoms with Gasteiger partial charge in [-0.15, -0.1) is 0 Å². The lowest BCUT2D eigenvalue weighted by Gasteiger charge is -2.21. The number of nitrogens with two attached hydrogens (primary N) is 1. The van der Waals surface area contributed by atoms with Crippen molar-refractivity contribution in [3.8, 4) is 5.75 Å². The van der Waals surface area contributed by atoms with E-state index in [0.29, 0.717) is 0 Å². The van der Waals surface area contributed by atoms with Crippen LogP contribution in [0.15, 0.2) is 24.3 Å². The summed E-state index contributed by atoms with van der Waals surface area (Å²) in [5.74, 6) is -0.340. The number of phenols is 1. The number of hydrogen-bond acceptors (Lipinski definition) is 3. The van der Waals surface area contributed by atoms with Crippen LogP contribution in [0, 0.1) is 5.92 Å². The van der Waals surface area contributed by atoms with Gasteiger partial charge < -0.3 is 16.2 Å². The summed E-state index contributed by atoms with van der Waals surface area (Å²) >= 11 is 4.89. The number of carbonyl (C=O) groups excluding carboxylic acids is 1. The maximum Gasteiger partial charge on any atom is 0.255 e. The first kappa shape index (κ1) is 13.4. The van der Waals surface area contributed by atoms with E-state index in [-0.39, 0.29) is 34.2 Å². The van der Waals surface area contributed by atoms with Crippen LogP contribution in [-0.2, 0) is 0 Å². The molecule has 1 atom stereocenters. The van der Waals surface area contributed by atoms with Gasteiger partial charge in [0, 0.05) is 0 Å². The lowest BCUT2D eigenvalue weighted by atomic mass is 10.0. The van der Waals surface area contributed by atoms with E-state index in [0.717, 1.165) is 0 Å². The van der Waals surface area contributed by atoms with Crippen molar-refractivity contribution in [2.45, 2.75) is 19.9 Å². The Morgan fingerprint density at radius 1 is 1.41 bits per heavy atom. The van der Waals surface area contributed by atoms with E-state index < -0.39 is 0 Å². The lowest BCUT2D eigenvalue weighted by Crippen LogP contribution is -2.46. The molecule has 0 fully saturated rings. The molecule has 0 saturated carbocycles. The molecule has 0 spiro atoms. The van der Waals surface area contributed by atoms with Crippen LogP contribution in [0.25, 0.3) is 0 Å². The number of carbonyl (C=O) groups is 1. The Balaban J connectivity index is 2.85. The first-order valence-corrected chi connectivity index (χ1v) is 5.72. The summed E-state index contributed by atoms with van der Waals surface area (Å²) in [7, 11) is 0. The Kier molecular flexibility index (Phi) is 4.45. The van der Waals surface area contributed by atoms with Gasteiger partial charge in [-0.2, -0.15) is 0 Å². The molecule has 0 radical (unpaired) electrons. The molecule has 4 nitrogen and oxygen atoms in total. The van der Waals surface area contributed by atoms with Gasteiger partial charge in [0.05, 0.1) is 16.6 Å². The minimum absolute atomic E-state index is 0.0598. The summed E-state index contributed by atoms with van der Waals surface area (Å²) in [5, 5.41) is 12.3. The molecule has 5 heteroatoms. The maximum absolute atomic E-state index is 11.9. The Hall–Kier alpha value is -1.62. The Bertz CT molecular complexity index is 432. The van der Waals surface area contributed by atoms with Crippen LogP contribution >= 0.6 is 12.2 Å². The molecule has 0 heterocycles. The lowest BCUT2D eigenvalue weighted by molar-refractivity contribution is 0.0937. The average molecular weight is 252 g/mol. The van der Waals surface area contributed by atoms with Gasteiger partial charge in [0.1, 0.15) is 5.75 Å². The highest BCUT2D eigenvalue weighted by Gasteiger charge is 2.20. The second-order valence-electron chi connectivity index (χ2n) is 4.11. The number of rotatable bonds is 4. The Morgan fingerprint density at radius 2 is 2.00 bits per heavy atom. The van der Waals surface area contributed by atoms with E-state index in [9.17, 15) is 9.90 Å². The predicted octanol–water partition coefficient (Wildman–Crippen LogP) is 1.43. The van der Waals surface area contributed by atoms with Crippen LogP contribution in [0.5, 0.6) is 5.75 Å². The highest BCUT2D eigenvalue weighted by molar-refractivity contribution is 7.80. The minimum atomic E-state index is -0.380. The van der Waals surface area contributed by atoms with Gasteiger partial charge in [-0.25, -0.2) is 0 Å². The normalized spacial score (nSPS) is 12.2. The molecule has 1 aromatic rings. The van der Waals surface area contributed by atoms with Crippen molar-refractivity contribution in [3.63, 3.8) is 0 Å². The summed E-state index contributed by atoms with van der Waals surface area (Å²) in [5.41, 5.74) is 5.77. The molecule has 0 saturated heterocycles. The monoisotopic (exact) mass is 252 g/mol. The number of phenolic OH excluding ortho intramolecular Hbond substituents is 1. The number of nitrogens with one attached hydrogen (secondary N) is 1. The van der Waals surface area contributed by atoms with Crippen molar-refractivity contribution < 1.29 is 9.90 Å². The highest BCUT2D eigenvalue weighted by atomic mass is 32.1. The van der Waals surface area contributed by atoms with Crippen LogP contribution in [0.2, 0.25) is 0 Å². The van der Waals surface area contributed by atoms with Gasteiger partial charge in [0.15, 0.2) is 0 Å². The second-order valence-corrected chi connectivity index (χ2v) is 4.59. The number of hydrogen-bond donors (Lipinski definition) is 3. The molecule has 0 aliphatic heterocycles. The van der Waals surface area contributed by atoms with E-state index in [2.05, 4.69) is 5.32 Å². The molecular formula is C12H16N2O2S. The van der Waals surface area contributed by atoms with Gasteiger partial charge in [-0.05, 0) is 18.1 Å². The third-order valence-electron chi connectivity index (χ3n) is 2.41. The van der Waals surface area contributed by atoms with E-state index >= 15 is 0 Å². The van der Waals surface area contributed by atoms with Crippen LogP contribution < -0.4 is 11.1 Å². The van der Waals surface area contributed by atoms with Crippen LogP contribution in [0.1, 0.15) is 24.2 Å². The zero-order chi connectivity index (χ0) is 13.0. The van der Waals surface area contributed by atoms with Crippen molar-refractivity contribution in [2.75, 3.05) is 0 Å². The summed E-state index contributed by atoms with van der Waals surface area (Å²) in [6, 6.07) is 5.96. The minimum Gasteiger partial charge on any atom is -0.507 e. The highest BCUT2D eigenvalue weighted by Crippen LogP contribution is 2.16. The smallest absolute Gasteiger partial charge is 0.255 e. The number of benzene rings is 1. The summed E-state index contributed by atoms with van der Waals surface area (Å²) in [6.07, 6.45) is 0. The Morgan fingerprint density at radius 3 is 2.47 bits per heavy atom. The molecule has 1 rings (SSSR count). The van der Waals surface area contributed by atoms with Crippen molar-refractivity contribution in [1.82, 2.24) is 5.32 Å². The molecule has 1 unspecified atom stereocenters. The summed E-state index contributed by atoms with van der Waals surface area (Å²) < 4.78 is 0. The van der Waals surface area contributed by atoms with Crippen LogP contribution in [0.4, 0.5) is 0 Å². The van der Waals surface area contributed by atoms with Crippen LogP contribution in [0.3, 0.4) is 0 Å². The van der Waals surface area contributed by atoms with Gasteiger partial charge in [-0.3, -0.25) is 4.79 Å². The van der Waals surface area contributed by atoms with Gasteiger partial charge in [0.2, 0.25) is 0 Å². The quantitative estimate of drug-likeness (QED) is 0.709. The molecule has 1 amide bonds. The van der Waals surface area contributed by atoms with Gasteiger partial charge in [-0.1, -0.05) is 38.2 Å². The van der Waals surface area contributed by atoms with E-state index in [1.54, 1.807) is 18.2 Å². The SMILES string of the molecule is CC(C)C(NC(=O)c1ccccc1O)C(N)=S. The van der Waals surface area contributed by atoms with Crippen molar-refractivity contribution in [3.05, 3.63) is 29.8 Å². The molecule has 92 valence electrons. The third-order valence-corrected chi connectivity index (χ3v) is 2.66. The molecule has 1 aromatic carbocycles. The van der Waals surface area contributed by atoms with Crippen molar-refractivity contribution >= 4 is 23.1 Å². The summed E-state index contributed by atoms with van der Waals surface area (Å²) in [4.78, 5) is 12.1. The number of amides is 1. The fourth-order valence-electron chi connectivity index (χ4n) is 1.45.